The Morgan fingerprint density at radius 2 is 1.12 bits per heavy atom. The predicted octanol–water partition coefficient (Wildman–Crippen LogP) is 4.89. The molecule has 4 aromatic carbocycles. The molecular formula is C27H21N5O2. The highest BCUT2D eigenvalue weighted by Gasteiger charge is 2.12. The highest BCUT2D eigenvalue weighted by Crippen LogP contribution is 2.26. The van der Waals surface area contributed by atoms with Crippen LogP contribution in [0.2, 0.25) is 0 Å². The average Bonchev–Trinajstić information content (AvgIpc) is 2.79. The van der Waals surface area contributed by atoms with E-state index >= 15 is 0 Å². The van der Waals surface area contributed by atoms with Crippen LogP contribution in [0.5, 0.6) is 0 Å². The Bertz CT molecular complexity index is 1900. The lowest BCUT2D eigenvalue weighted by molar-refractivity contribution is 1.43. The van der Waals surface area contributed by atoms with Gasteiger partial charge in [0.1, 0.15) is 0 Å². The maximum absolute atomic E-state index is 13.5. The molecule has 0 aliphatic heterocycles. The first-order valence-electron chi connectivity index (χ1n) is 10.8. The van der Waals surface area contributed by atoms with Gasteiger partial charge in [-0.3, -0.25) is 9.59 Å². The van der Waals surface area contributed by atoms with Crippen LogP contribution in [0.25, 0.3) is 43.6 Å². The number of aromatic nitrogens is 2. The van der Waals surface area contributed by atoms with Crippen LogP contribution < -0.4 is 27.6 Å². The lowest BCUT2D eigenvalue weighted by Crippen LogP contribution is -2.08. The van der Waals surface area contributed by atoms with E-state index in [1.54, 1.807) is 36.4 Å². The Morgan fingerprint density at radius 1 is 0.588 bits per heavy atom. The van der Waals surface area contributed by atoms with Gasteiger partial charge in [-0.1, -0.05) is 11.6 Å². The van der Waals surface area contributed by atoms with Crippen LogP contribution >= 0.6 is 0 Å². The van der Waals surface area contributed by atoms with Crippen LogP contribution in [0.15, 0.2) is 76.3 Å². The van der Waals surface area contributed by atoms with Gasteiger partial charge >= 0.3 is 0 Å². The van der Waals surface area contributed by atoms with Crippen LogP contribution in [0.4, 0.5) is 22.7 Å². The number of anilines is 4. The van der Waals surface area contributed by atoms with Gasteiger partial charge in [0.15, 0.2) is 10.9 Å². The van der Waals surface area contributed by atoms with Crippen molar-refractivity contribution in [2.24, 2.45) is 0 Å². The average molecular weight is 447 g/mol. The summed E-state index contributed by atoms with van der Waals surface area (Å²) in [6, 6.07) is 20.0. The molecule has 7 heteroatoms. The fourth-order valence-electron chi connectivity index (χ4n) is 4.55. The third-order valence-corrected chi connectivity index (χ3v) is 6.14. The Kier molecular flexibility index (Phi) is 4.16. The molecule has 0 saturated heterocycles. The molecule has 0 radical (unpaired) electrons. The van der Waals surface area contributed by atoms with Gasteiger partial charge in [-0.15, -0.1) is 0 Å². The second kappa shape index (κ2) is 7.11. The summed E-state index contributed by atoms with van der Waals surface area (Å²) in [6.45, 7) is 1.96. The number of aryl methyl sites for hydroxylation is 1. The van der Waals surface area contributed by atoms with Crippen molar-refractivity contribution in [3.63, 3.8) is 0 Å². The molecule has 0 aliphatic rings. The lowest BCUT2D eigenvalue weighted by Gasteiger charge is -2.11. The first-order chi connectivity index (χ1) is 16.4. The Morgan fingerprint density at radius 3 is 1.74 bits per heavy atom. The molecule has 2 heterocycles. The number of fused-ring (bicyclic) bond motifs is 4. The smallest absolute Gasteiger partial charge is 0.197 e. The topological polar surface area (TPSA) is 130 Å². The number of nitrogens with one attached hydrogen (secondary N) is 3. The van der Waals surface area contributed by atoms with E-state index in [0.29, 0.717) is 49.5 Å². The minimum absolute atomic E-state index is 0.0590. The molecule has 0 atom stereocenters. The molecule has 6 aromatic rings. The quantitative estimate of drug-likeness (QED) is 0.191. The van der Waals surface area contributed by atoms with E-state index in [9.17, 15) is 9.59 Å². The monoisotopic (exact) mass is 447 g/mol. The van der Waals surface area contributed by atoms with Crippen molar-refractivity contribution in [2.75, 3.05) is 16.8 Å². The molecule has 6 rings (SSSR count). The molecule has 0 saturated carbocycles. The number of benzene rings is 4. The Hall–Kier alpha value is -4.78. The minimum atomic E-state index is -0.119. The van der Waals surface area contributed by atoms with Crippen LogP contribution in [0, 0.1) is 6.92 Å². The fraction of sp³-hybridized carbons (Fsp3) is 0.0370. The molecule has 0 bridgehead atoms. The molecule has 34 heavy (non-hydrogen) atoms. The summed E-state index contributed by atoms with van der Waals surface area (Å²) < 4.78 is 0. The van der Waals surface area contributed by atoms with Gasteiger partial charge in [0.25, 0.3) is 0 Å². The zero-order valence-electron chi connectivity index (χ0n) is 18.3. The number of H-pyrrole nitrogens is 2. The number of hydrogen-bond donors (Lipinski definition) is 5. The molecule has 7 N–H and O–H groups in total. The molecule has 2 aromatic heterocycles. The molecule has 0 aliphatic carbocycles. The minimum Gasteiger partial charge on any atom is -0.399 e. The maximum atomic E-state index is 13.5. The number of pyridine rings is 2. The molecule has 0 fully saturated rings. The van der Waals surface area contributed by atoms with E-state index in [2.05, 4.69) is 15.3 Å². The number of nitrogen functional groups attached to an aromatic ring is 2. The van der Waals surface area contributed by atoms with E-state index in [4.69, 9.17) is 11.5 Å². The molecular weight excluding hydrogens is 426 g/mol. The Balaban J connectivity index is 1.56. The summed E-state index contributed by atoms with van der Waals surface area (Å²) in [4.78, 5) is 33.2. The zero-order chi connectivity index (χ0) is 23.6. The van der Waals surface area contributed by atoms with Crippen molar-refractivity contribution in [2.45, 2.75) is 6.92 Å². The molecule has 0 unspecified atom stereocenters. The number of hydrogen-bond acceptors (Lipinski definition) is 5. The van der Waals surface area contributed by atoms with Gasteiger partial charge in [-0.05, 0) is 67.6 Å². The molecule has 7 nitrogen and oxygen atoms in total. The summed E-state index contributed by atoms with van der Waals surface area (Å²) in [6.07, 6.45) is 0. The van der Waals surface area contributed by atoms with Gasteiger partial charge in [0.2, 0.25) is 0 Å². The highest BCUT2D eigenvalue weighted by molar-refractivity contribution is 6.03. The standard InChI is InChI=1S/C27H21N5O2/c1-13-2-4-22-18(6-13)26(33)20-11-25-21(12-24(20)31-22)27(34)19-10-16(3-5-23(19)32-25)30-17-8-14(28)7-15(29)9-17/h2-12,30H,28-29H2,1H3,(H,31,33)(H,32,34). The van der Waals surface area contributed by atoms with Crippen LogP contribution in [0.1, 0.15) is 5.56 Å². The summed E-state index contributed by atoms with van der Waals surface area (Å²) >= 11 is 0. The second-order valence-corrected chi connectivity index (χ2v) is 8.67. The summed E-state index contributed by atoms with van der Waals surface area (Å²) in [5.74, 6) is 0. The predicted molar refractivity (Wildman–Crippen MR) is 141 cm³/mol. The molecule has 166 valence electrons. The largest absolute Gasteiger partial charge is 0.399 e. The summed E-state index contributed by atoms with van der Waals surface area (Å²) in [5.41, 5.74) is 17.9. The van der Waals surface area contributed by atoms with Gasteiger partial charge in [-0.2, -0.15) is 0 Å². The zero-order valence-corrected chi connectivity index (χ0v) is 18.3. The van der Waals surface area contributed by atoms with Crippen molar-refractivity contribution in [3.05, 3.63) is 92.7 Å². The van der Waals surface area contributed by atoms with E-state index in [1.807, 2.05) is 37.3 Å². The number of nitrogens with two attached hydrogens (primary N) is 2. The summed E-state index contributed by atoms with van der Waals surface area (Å²) in [5, 5.41) is 5.47. The third-order valence-electron chi connectivity index (χ3n) is 6.14. The first kappa shape index (κ1) is 19.9. The SMILES string of the molecule is Cc1ccc2[nH]c3cc4c(=O)c5cc(Nc6cc(N)cc(N)c6)ccc5[nH]c4cc3c(=O)c2c1. The van der Waals surface area contributed by atoms with Gasteiger partial charge in [-0.25, -0.2) is 0 Å². The lowest BCUT2D eigenvalue weighted by atomic mass is 10.0. The number of aromatic amines is 2. The van der Waals surface area contributed by atoms with Crippen molar-refractivity contribution in [1.82, 2.24) is 9.97 Å². The highest BCUT2D eigenvalue weighted by atomic mass is 16.1. The van der Waals surface area contributed by atoms with Crippen LogP contribution in [-0.2, 0) is 0 Å². The third kappa shape index (κ3) is 3.14. The van der Waals surface area contributed by atoms with Crippen molar-refractivity contribution in [3.8, 4) is 0 Å². The van der Waals surface area contributed by atoms with Gasteiger partial charge < -0.3 is 26.8 Å². The van der Waals surface area contributed by atoms with Crippen molar-refractivity contribution in [1.29, 1.82) is 0 Å². The van der Waals surface area contributed by atoms with Gasteiger partial charge in [0, 0.05) is 55.3 Å². The van der Waals surface area contributed by atoms with Crippen LogP contribution in [-0.4, -0.2) is 9.97 Å². The fourth-order valence-corrected chi connectivity index (χ4v) is 4.55. The number of rotatable bonds is 2. The maximum Gasteiger partial charge on any atom is 0.197 e. The van der Waals surface area contributed by atoms with Crippen molar-refractivity contribution >= 4 is 66.4 Å². The first-order valence-corrected chi connectivity index (χ1v) is 10.8. The van der Waals surface area contributed by atoms with Gasteiger partial charge in [0.05, 0.1) is 11.0 Å². The summed E-state index contributed by atoms with van der Waals surface area (Å²) in [7, 11) is 0. The van der Waals surface area contributed by atoms with E-state index in [0.717, 1.165) is 22.5 Å². The Labute approximate surface area is 193 Å². The van der Waals surface area contributed by atoms with Crippen molar-refractivity contribution < 1.29 is 0 Å². The van der Waals surface area contributed by atoms with E-state index < -0.39 is 0 Å². The molecule has 0 amide bonds. The molecule has 0 spiro atoms. The second-order valence-electron chi connectivity index (χ2n) is 8.67. The normalized spacial score (nSPS) is 11.6. The van der Waals surface area contributed by atoms with Crippen LogP contribution in [0.3, 0.4) is 0 Å². The van der Waals surface area contributed by atoms with E-state index in [1.165, 1.54) is 0 Å². The van der Waals surface area contributed by atoms with E-state index in [-0.39, 0.29) is 10.9 Å².